The van der Waals surface area contributed by atoms with Crippen molar-refractivity contribution in [3.05, 3.63) is 63.3 Å². The summed E-state index contributed by atoms with van der Waals surface area (Å²) in [6.07, 6.45) is 0. The second-order valence-corrected chi connectivity index (χ2v) is 4.55. The van der Waals surface area contributed by atoms with Crippen LogP contribution in [0.1, 0.15) is 21.6 Å². The Morgan fingerprint density at radius 2 is 1.95 bits per heavy atom. The number of pyridine rings is 1. The molecule has 0 radical (unpaired) electrons. The summed E-state index contributed by atoms with van der Waals surface area (Å²) in [4.78, 5) is 26.0. The highest BCUT2D eigenvalue weighted by Gasteiger charge is 2.17. The molecule has 0 spiro atoms. The van der Waals surface area contributed by atoms with Crippen LogP contribution in [-0.2, 0) is 0 Å². The number of hydrogen-bond acceptors (Lipinski definition) is 5. The van der Waals surface area contributed by atoms with E-state index in [2.05, 4.69) is 4.98 Å². The maximum atomic E-state index is 12.0. The summed E-state index contributed by atoms with van der Waals surface area (Å²) in [5.41, 5.74) is 1.53. The molecule has 0 fully saturated rings. The number of aryl methyl sites for hydroxylation is 2. The molecular weight excluding hydrogens is 272 g/mol. The zero-order chi connectivity index (χ0) is 15.4. The Bertz CT molecular complexity index is 660. The summed E-state index contributed by atoms with van der Waals surface area (Å²) >= 11 is 0. The van der Waals surface area contributed by atoms with E-state index in [0.717, 1.165) is 0 Å². The third-order valence-electron chi connectivity index (χ3n) is 2.95. The molecule has 0 bridgehead atoms. The third kappa shape index (κ3) is 3.42. The average Bonchev–Trinajstić information content (AvgIpc) is 2.46. The number of aromatic nitrogens is 1. The molecule has 0 aliphatic rings. The molecule has 21 heavy (non-hydrogen) atoms. The van der Waals surface area contributed by atoms with E-state index >= 15 is 0 Å². The summed E-state index contributed by atoms with van der Waals surface area (Å²) in [5.74, 6) is 0.0179. The minimum Gasteiger partial charge on any atom is -0.481 e. The van der Waals surface area contributed by atoms with Crippen LogP contribution >= 0.6 is 0 Å². The van der Waals surface area contributed by atoms with Gasteiger partial charge in [0.25, 0.3) is 0 Å². The summed E-state index contributed by atoms with van der Waals surface area (Å²) in [6, 6.07) is 10.1. The molecule has 6 nitrogen and oxygen atoms in total. The van der Waals surface area contributed by atoms with Crippen molar-refractivity contribution < 1.29 is 14.5 Å². The van der Waals surface area contributed by atoms with E-state index in [0.29, 0.717) is 22.6 Å². The monoisotopic (exact) mass is 286 g/mol. The minimum atomic E-state index is -0.557. The Labute approximate surface area is 121 Å². The first-order valence-electron chi connectivity index (χ1n) is 6.32. The van der Waals surface area contributed by atoms with Gasteiger partial charge in [0, 0.05) is 24.1 Å². The number of nitro groups is 1. The van der Waals surface area contributed by atoms with E-state index < -0.39 is 4.92 Å². The van der Waals surface area contributed by atoms with E-state index in [1.54, 1.807) is 38.1 Å². The maximum Gasteiger partial charge on any atom is 0.364 e. The minimum absolute atomic E-state index is 0.134. The smallest absolute Gasteiger partial charge is 0.364 e. The topological polar surface area (TPSA) is 82.3 Å². The first-order valence-corrected chi connectivity index (χ1v) is 6.32. The molecule has 1 heterocycles. The van der Waals surface area contributed by atoms with Crippen molar-refractivity contribution in [2.75, 3.05) is 6.61 Å². The number of rotatable bonds is 5. The van der Waals surface area contributed by atoms with Crippen molar-refractivity contribution in [1.82, 2.24) is 4.98 Å². The van der Waals surface area contributed by atoms with Gasteiger partial charge in [0.2, 0.25) is 0 Å². The molecule has 0 N–H and O–H groups in total. The van der Waals surface area contributed by atoms with Gasteiger partial charge in [-0.15, -0.1) is 0 Å². The largest absolute Gasteiger partial charge is 0.481 e. The van der Waals surface area contributed by atoms with Crippen molar-refractivity contribution in [2.24, 2.45) is 0 Å². The standard InChI is InChI=1S/C15H14N2O4/c1-10-8-14(17(19)20)16-11(2)15(10)21-9-13(18)12-6-4-3-5-7-12/h3-8H,9H2,1-2H3. The molecule has 0 saturated heterocycles. The summed E-state index contributed by atoms with van der Waals surface area (Å²) in [5, 5.41) is 10.7. The summed E-state index contributed by atoms with van der Waals surface area (Å²) < 4.78 is 5.48. The van der Waals surface area contributed by atoms with Crippen molar-refractivity contribution in [1.29, 1.82) is 0 Å². The van der Waals surface area contributed by atoms with E-state index in [1.807, 2.05) is 6.07 Å². The van der Waals surface area contributed by atoms with Gasteiger partial charge < -0.3 is 14.9 Å². The van der Waals surface area contributed by atoms with Crippen molar-refractivity contribution in [2.45, 2.75) is 13.8 Å². The van der Waals surface area contributed by atoms with Crippen molar-refractivity contribution in [3.8, 4) is 5.75 Å². The molecule has 0 amide bonds. The second kappa shape index (κ2) is 6.13. The number of benzene rings is 1. The van der Waals surface area contributed by atoms with Crippen LogP contribution in [0.5, 0.6) is 5.75 Å². The van der Waals surface area contributed by atoms with Gasteiger partial charge in [0.05, 0.1) is 0 Å². The van der Waals surface area contributed by atoms with E-state index in [9.17, 15) is 14.9 Å². The third-order valence-corrected chi connectivity index (χ3v) is 2.95. The Morgan fingerprint density at radius 3 is 2.52 bits per heavy atom. The normalized spacial score (nSPS) is 10.2. The maximum absolute atomic E-state index is 12.0. The molecule has 2 rings (SSSR count). The first kappa shape index (κ1) is 14.6. The van der Waals surface area contributed by atoms with E-state index in [1.165, 1.54) is 6.07 Å². The van der Waals surface area contributed by atoms with Gasteiger partial charge in [0.15, 0.2) is 23.8 Å². The number of carbonyl (C=O) groups is 1. The fourth-order valence-electron chi connectivity index (χ4n) is 1.96. The SMILES string of the molecule is Cc1cc([N+](=O)[O-])nc(C)c1OCC(=O)c1ccccc1. The van der Waals surface area contributed by atoms with Crippen LogP contribution in [0.15, 0.2) is 36.4 Å². The van der Waals surface area contributed by atoms with Crippen LogP contribution in [0.3, 0.4) is 0 Å². The number of ketones is 1. The Kier molecular flexibility index (Phi) is 4.27. The fraction of sp³-hybridized carbons (Fsp3) is 0.200. The van der Waals surface area contributed by atoms with Crippen molar-refractivity contribution >= 4 is 11.6 Å². The number of Topliss-reactive ketones (excluding diaryl/α,β-unsaturated/α-hetero) is 1. The van der Waals surface area contributed by atoms with Crippen LogP contribution in [0.2, 0.25) is 0 Å². The van der Waals surface area contributed by atoms with Gasteiger partial charge in [-0.05, 0) is 16.8 Å². The lowest BCUT2D eigenvalue weighted by Crippen LogP contribution is -2.13. The molecule has 0 saturated carbocycles. The van der Waals surface area contributed by atoms with E-state index in [4.69, 9.17) is 4.74 Å². The van der Waals surface area contributed by atoms with Crippen LogP contribution < -0.4 is 4.74 Å². The predicted molar refractivity (Wildman–Crippen MR) is 76.6 cm³/mol. The van der Waals surface area contributed by atoms with Gasteiger partial charge >= 0.3 is 5.82 Å². The Balaban J connectivity index is 2.14. The van der Waals surface area contributed by atoms with Crippen LogP contribution in [0.4, 0.5) is 5.82 Å². The molecule has 0 unspecified atom stereocenters. The summed E-state index contributed by atoms with van der Waals surface area (Å²) in [6.45, 7) is 3.16. The van der Waals surface area contributed by atoms with Crippen LogP contribution in [0.25, 0.3) is 0 Å². The van der Waals surface area contributed by atoms with Gasteiger partial charge in [-0.3, -0.25) is 4.79 Å². The molecular formula is C15H14N2O4. The highest BCUT2D eigenvalue weighted by molar-refractivity contribution is 5.97. The number of carbonyl (C=O) groups excluding carboxylic acids is 1. The molecule has 0 aliphatic heterocycles. The van der Waals surface area contributed by atoms with Gasteiger partial charge in [-0.2, -0.15) is 0 Å². The molecule has 6 heteroatoms. The molecule has 1 aromatic carbocycles. The average molecular weight is 286 g/mol. The lowest BCUT2D eigenvalue weighted by atomic mass is 10.1. The van der Waals surface area contributed by atoms with Gasteiger partial charge in [-0.25, -0.2) is 0 Å². The first-order chi connectivity index (χ1) is 9.99. The quantitative estimate of drug-likeness (QED) is 0.479. The van der Waals surface area contributed by atoms with Crippen LogP contribution in [0, 0.1) is 24.0 Å². The number of nitrogens with zero attached hydrogens (tertiary/aromatic N) is 2. The highest BCUT2D eigenvalue weighted by atomic mass is 16.6. The lowest BCUT2D eigenvalue weighted by molar-refractivity contribution is -0.389. The predicted octanol–water partition coefficient (Wildman–Crippen LogP) is 2.87. The molecule has 0 atom stereocenters. The Hall–Kier alpha value is -2.76. The Morgan fingerprint density at radius 1 is 1.29 bits per heavy atom. The number of ether oxygens (including phenoxy) is 1. The summed E-state index contributed by atoms with van der Waals surface area (Å²) in [7, 11) is 0. The molecule has 108 valence electrons. The zero-order valence-corrected chi connectivity index (χ0v) is 11.7. The van der Waals surface area contributed by atoms with Gasteiger partial charge in [-0.1, -0.05) is 30.3 Å². The second-order valence-electron chi connectivity index (χ2n) is 4.55. The lowest BCUT2D eigenvalue weighted by Gasteiger charge is -2.09. The molecule has 0 aliphatic carbocycles. The molecule has 2 aromatic rings. The zero-order valence-electron chi connectivity index (χ0n) is 11.7. The van der Waals surface area contributed by atoms with Gasteiger partial charge in [0.1, 0.15) is 0 Å². The van der Waals surface area contributed by atoms with E-state index in [-0.39, 0.29) is 18.2 Å². The van der Waals surface area contributed by atoms with Crippen molar-refractivity contribution in [3.63, 3.8) is 0 Å². The number of hydrogen-bond donors (Lipinski definition) is 0. The molecule has 1 aromatic heterocycles. The van der Waals surface area contributed by atoms with Crippen LogP contribution in [-0.4, -0.2) is 22.3 Å². The highest BCUT2D eigenvalue weighted by Crippen LogP contribution is 2.25. The fourth-order valence-corrected chi connectivity index (χ4v) is 1.96.